The van der Waals surface area contributed by atoms with Crippen LogP contribution in [0.1, 0.15) is 24.7 Å². The molecule has 2 aromatic carbocycles. The van der Waals surface area contributed by atoms with Gasteiger partial charge in [0.25, 0.3) is 0 Å². The van der Waals surface area contributed by atoms with Gasteiger partial charge in [0.15, 0.2) is 17.8 Å². The Balaban J connectivity index is 1.83. The van der Waals surface area contributed by atoms with Crippen molar-refractivity contribution in [3.8, 4) is 16.9 Å². The number of halogens is 7. The predicted molar refractivity (Wildman–Crippen MR) is 137 cm³/mol. The lowest BCUT2D eigenvalue weighted by molar-refractivity contribution is -0.207. The zero-order valence-corrected chi connectivity index (χ0v) is 22.3. The highest BCUT2D eigenvalue weighted by Crippen LogP contribution is 2.31. The molecule has 4 rings (SSSR count). The van der Waals surface area contributed by atoms with Gasteiger partial charge < -0.3 is 10.2 Å². The molecule has 0 aliphatic heterocycles. The third kappa shape index (κ3) is 5.73. The van der Waals surface area contributed by atoms with Crippen molar-refractivity contribution in [2.24, 2.45) is 0 Å². The molecule has 0 fully saturated rings. The van der Waals surface area contributed by atoms with Crippen LogP contribution in [0.2, 0.25) is 20.2 Å². The Morgan fingerprint density at radius 2 is 1.61 bits per heavy atom. The summed E-state index contributed by atoms with van der Waals surface area (Å²) in [6.45, 7) is -0.0274. The van der Waals surface area contributed by atoms with E-state index >= 15 is 0 Å². The molecule has 202 valence electrons. The highest BCUT2D eigenvalue weighted by molar-refractivity contribution is 6.35. The quantitative estimate of drug-likeness (QED) is 0.286. The minimum Gasteiger partial charge on any atom is -0.385 e. The van der Waals surface area contributed by atoms with E-state index in [0.717, 1.165) is 9.13 Å². The van der Waals surface area contributed by atoms with Crippen molar-refractivity contribution in [1.82, 2.24) is 23.9 Å². The van der Waals surface area contributed by atoms with Gasteiger partial charge in [-0.1, -0.05) is 58.5 Å². The molecule has 2 heterocycles. The van der Waals surface area contributed by atoms with Crippen LogP contribution in [0.25, 0.3) is 16.9 Å². The monoisotopic (exact) mass is 609 g/mol. The van der Waals surface area contributed by atoms with Crippen LogP contribution in [0.3, 0.4) is 0 Å². The molecular weight excluding hydrogens is 593 g/mol. The van der Waals surface area contributed by atoms with E-state index in [0.29, 0.717) is 21.3 Å². The van der Waals surface area contributed by atoms with Crippen molar-refractivity contribution in [3.63, 3.8) is 0 Å². The van der Waals surface area contributed by atoms with E-state index in [1.54, 1.807) is 12.1 Å². The second kappa shape index (κ2) is 10.9. The maximum atomic E-state index is 13.3. The number of aliphatic hydroxyl groups is 2. The number of rotatable bonds is 7. The molecule has 0 unspecified atom stereocenters. The van der Waals surface area contributed by atoms with E-state index in [4.69, 9.17) is 46.4 Å². The van der Waals surface area contributed by atoms with E-state index in [1.807, 2.05) is 0 Å². The molecule has 8 nitrogen and oxygen atoms in total. The minimum atomic E-state index is -4.98. The van der Waals surface area contributed by atoms with Crippen LogP contribution in [-0.4, -0.2) is 46.4 Å². The molecule has 15 heteroatoms. The number of hydrogen-bond acceptors (Lipinski definition) is 5. The summed E-state index contributed by atoms with van der Waals surface area (Å²) < 4.78 is 42.4. The van der Waals surface area contributed by atoms with Crippen LogP contribution in [0.4, 0.5) is 13.2 Å². The van der Waals surface area contributed by atoms with Gasteiger partial charge in [0, 0.05) is 15.6 Å². The number of aromatic nitrogens is 5. The largest absolute Gasteiger partial charge is 0.416 e. The van der Waals surface area contributed by atoms with Gasteiger partial charge in [-0.15, -0.1) is 5.10 Å². The molecule has 0 aliphatic carbocycles. The van der Waals surface area contributed by atoms with Gasteiger partial charge in [-0.25, -0.2) is 14.5 Å². The van der Waals surface area contributed by atoms with Crippen molar-refractivity contribution in [1.29, 1.82) is 0 Å². The Bertz CT molecular complexity index is 1530. The maximum Gasteiger partial charge on any atom is 0.416 e. The molecule has 4 aromatic rings. The maximum absolute atomic E-state index is 13.3. The van der Waals surface area contributed by atoms with Gasteiger partial charge in [-0.3, -0.25) is 9.13 Å². The number of imidazole rings is 1. The molecule has 0 radical (unpaired) electrons. The van der Waals surface area contributed by atoms with E-state index < -0.39 is 30.6 Å². The Hall–Kier alpha value is -2.54. The van der Waals surface area contributed by atoms with Gasteiger partial charge in [-0.05, 0) is 37.3 Å². The lowest BCUT2D eigenvalue weighted by Crippen LogP contribution is -2.37. The summed E-state index contributed by atoms with van der Waals surface area (Å²) in [5, 5.41) is 25.0. The smallest absolute Gasteiger partial charge is 0.385 e. The van der Waals surface area contributed by atoms with Crippen LogP contribution in [0, 0.1) is 0 Å². The van der Waals surface area contributed by atoms with Crippen LogP contribution in [-0.2, 0) is 13.1 Å². The molecule has 0 spiro atoms. The molecule has 0 saturated heterocycles. The van der Waals surface area contributed by atoms with Gasteiger partial charge in [0.2, 0.25) is 0 Å². The molecule has 0 amide bonds. The molecule has 0 aliphatic rings. The van der Waals surface area contributed by atoms with Gasteiger partial charge in [0.05, 0.1) is 29.5 Å². The highest BCUT2D eigenvalue weighted by Gasteiger charge is 2.39. The number of hydrogen-bond donors (Lipinski definition) is 2. The van der Waals surface area contributed by atoms with Gasteiger partial charge in [0.1, 0.15) is 11.3 Å². The molecule has 0 bridgehead atoms. The highest BCUT2D eigenvalue weighted by atomic mass is 35.5. The molecule has 2 N–H and O–H groups in total. The van der Waals surface area contributed by atoms with Gasteiger partial charge in [-0.2, -0.15) is 13.2 Å². The topological polar surface area (TPSA) is 98.1 Å². The lowest BCUT2D eigenvalue weighted by atomic mass is 10.1. The second-order valence-corrected chi connectivity index (χ2v) is 9.89. The van der Waals surface area contributed by atoms with E-state index in [9.17, 15) is 28.2 Å². The normalized spacial score (nSPS) is 13.6. The van der Waals surface area contributed by atoms with Crippen molar-refractivity contribution in [2.75, 3.05) is 0 Å². The summed E-state index contributed by atoms with van der Waals surface area (Å²) in [7, 11) is 0. The molecule has 2 aromatic heterocycles. The van der Waals surface area contributed by atoms with Crippen molar-refractivity contribution in [2.45, 2.75) is 38.4 Å². The van der Waals surface area contributed by atoms with E-state index in [2.05, 4.69) is 10.1 Å². The third-order valence-electron chi connectivity index (χ3n) is 5.50. The first kappa shape index (κ1) is 28.5. The van der Waals surface area contributed by atoms with Crippen molar-refractivity contribution >= 4 is 46.4 Å². The summed E-state index contributed by atoms with van der Waals surface area (Å²) in [6.07, 6.45) is -8.91. The Morgan fingerprint density at radius 1 is 0.974 bits per heavy atom. The summed E-state index contributed by atoms with van der Waals surface area (Å²) in [6, 6.07) is 10.5. The molecule has 38 heavy (non-hydrogen) atoms. The second-order valence-electron chi connectivity index (χ2n) is 8.25. The molecule has 2 atom stereocenters. The number of alkyl halides is 3. The van der Waals surface area contributed by atoms with E-state index in [1.165, 1.54) is 41.9 Å². The summed E-state index contributed by atoms with van der Waals surface area (Å²) in [4.78, 5) is 17.6. The zero-order chi connectivity index (χ0) is 27.9. The SMILES string of the molecule is C[C@H](O)c1nc(Cn2c(Cl)c(-c3ccc(Cl)cc3)n(C[C@H](O)C(F)(F)F)c2=O)nn1-c1ccc(Cl)cc1Cl. The molecule has 0 saturated carbocycles. The first-order valence-corrected chi connectivity index (χ1v) is 12.4. The fourth-order valence-electron chi connectivity index (χ4n) is 3.71. The average molecular weight is 611 g/mol. The fraction of sp³-hybridized carbons (Fsp3) is 0.261. The Kier molecular flexibility index (Phi) is 8.17. The van der Waals surface area contributed by atoms with E-state index in [-0.39, 0.29) is 34.1 Å². The first-order valence-electron chi connectivity index (χ1n) is 10.9. The first-order chi connectivity index (χ1) is 17.8. The average Bonchev–Trinajstić information content (AvgIpc) is 3.34. The summed E-state index contributed by atoms with van der Waals surface area (Å²) in [5.41, 5.74) is -0.368. The third-order valence-corrected chi connectivity index (χ3v) is 6.68. The van der Waals surface area contributed by atoms with Crippen LogP contribution in [0.5, 0.6) is 0 Å². The molecular formula is C23H18Cl4F3N5O3. The van der Waals surface area contributed by atoms with Crippen LogP contribution < -0.4 is 5.69 Å². The number of nitrogens with zero attached hydrogens (tertiary/aromatic N) is 5. The predicted octanol–water partition coefficient (Wildman–Crippen LogP) is 5.54. The Labute approximate surface area is 233 Å². The summed E-state index contributed by atoms with van der Waals surface area (Å²) in [5.74, 6) is 0.0883. The van der Waals surface area contributed by atoms with Crippen LogP contribution >= 0.6 is 46.4 Å². The number of aliphatic hydroxyl groups excluding tert-OH is 2. The van der Waals surface area contributed by atoms with Crippen molar-refractivity contribution < 1.29 is 23.4 Å². The zero-order valence-electron chi connectivity index (χ0n) is 19.3. The van der Waals surface area contributed by atoms with Gasteiger partial charge >= 0.3 is 11.9 Å². The van der Waals surface area contributed by atoms with Crippen molar-refractivity contribution in [3.05, 3.63) is 84.8 Å². The van der Waals surface area contributed by atoms with Crippen LogP contribution in [0.15, 0.2) is 47.3 Å². The summed E-state index contributed by atoms with van der Waals surface area (Å²) >= 11 is 24.7. The standard InChI is InChI=1S/C23H18Cl4F3N5O3/c1-11(36)21-31-18(32-35(21)16-7-6-14(25)8-15(16)26)10-34-20(27)19(12-2-4-13(24)5-3-12)33(22(34)38)9-17(37)23(28,29)30/h2-8,11,17,36-37H,9-10H2,1H3/t11-,17-/m0/s1. The fourth-order valence-corrected chi connectivity index (χ4v) is 4.67. The number of benzene rings is 2. The minimum absolute atomic E-state index is 0.00657. The lowest BCUT2D eigenvalue weighted by Gasteiger charge is -2.16. The Morgan fingerprint density at radius 3 is 2.18 bits per heavy atom.